The fourth-order valence-corrected chi connectivity index (χ4v) is 1.57. The number of rotatable bonds is 2. The standard InChI is InChI=1S/C11H11FN2O/c1-13-7-8-2-3-9(12)6-10(8)14-5-4-11(14)15/h2-3,6-7H,4-5H2,1H3. The number of hydrogen-bond acceptors (Lipinski definition) is 2. The number of amides is 1. The van der Waals surface area contributed by atoms with Crippen molar-refractivity contribution in [2.45, 2.75) is 6.42 Å². The minimum atomic E-state index is -0.335. The lowest BCUT2D eigenvalue weighted by atomic mass is 10.1. The van der Waals surface area contributed by atoms with Crippen LogP contribution in [0.5, 0.6) is 0 Å². The largest absolute Gasteiger partial charge is 0.311 e. The molecule has 1 aromatic rings. The molecule has 78 valence electrons. The predicted octanol–water partition coefficient (Wildman–Crippen LogP) is 1.61. The molecule has 2 rings (SSSR count). The van der Waals surface area contributed by atoms with Crippen molar-refractivity contribution < 1.29 is 9.18 Å². The minimum absolute atomic E-state index is 0.0337. The van der Waals surface area contributed by atoms with Gasteiger partial charge in [0.25, 0.3) is 0 Å². The highest BCUT2D eigenvalue weighted by molar-refractivity contribution is 6.03. The van der Waals surface area contributed by atoms with Crippen LogP contribution in [0.15, 0.2) is 23.2 Å². The van der Waals surface area contributed by atoms with Gasteiger partial charge in [-0.05, 0) is 18.2 Å². The van der Waals surface area contributed by atoms with Crippen LogP contribution >= 0.6 is 0 Å². The molecule has 15 heavy (non-hydrogen) atoms. The van der Waals surface area contributed by atoms with E-state index in [2.05, 4.69) is 4.99 Å². The maximum Gasteiger partial charge on any atom is 0.228 e. The lowest BCUT2D eigenvalue weighted by molar-refractivity contribution is -0.122. The topological polar surface area (TPSA) is 32.7 Å². The first kappa shape index (κ1) is 9.83. The molecule has 0 aliphatic carbocycles. The van der Waals surface area contributed by atoms with E-state index in [9.17, 15) is 9.18 Å². The second-order valence-corrected chi connectivity index (χ2v) is 3.39. The number of carbonyl (C=O) groups excluding carboxylic acids is 1. The number of halogens is 1. The molecule has 0 unspecified atom stereocenters. The molecule has 3 nitrogen and oxygen atoms in total. The van der Waals surface area contributed by atoms with Crippen molar-refractivity contribution in [3.63, 3.8) is 0 Å². The number of nitrogens with zero attached hydrogens (tertiary/aromatic N) is 2. The summed E-state index contributed by atoms with van der Waals surface area (Å²) >= 11 is 0. The van der Waals surface area contributed by atoms with Crippen LogP contribution < -0.4 is 4.90 Å². The molecule has 0 radical (unpaired) electrons. The van der Waals surface area contributed by atoms with Gasteiger partial charge in [-0.15, -0.1) is 0 Å². The van der Waals surface area contributed by atoms with Crippen molar-refractivity contribution in [1.29, 1.82) is 0 Å². The monoisotopic (exact) mass is 206 g/mol. The van der Waals surface area contributed by atoms with E-state index in [-0.39, 0.29) is 11.7 Å². The van der Waals surface area contributed by atoms with E-state index in [0.717, 1.165) is 5.56 Å². The van der Waals surface area contributed by atoms with E-state index >= 15 is 0 Å². The van der Waals surface area contributed by atoms with Crippen molar-refractivity contribution >= 4 is 17.8 Å². The summed E-state index contributed by atoms with van der Waals surface area (Å²) in [6.07, 6.45) is 2.17. The Morgan fingerprint density at radius 2 is 2.33 bits per heavy atom. The molecule has 1 aliphatic rings. The summed E-state index contributed by atoms with van der Waals surface area (Å²) in [6, 6.07) is 4.36. The third-order valence-corrected chi connectivity index (χ3v) is 2.40. The fourth-order valence-electron chi connectivity index (χ4n) is 1.57. The van der Waals surface area contributed by atoms with Crippen LogP contribution in [0.2, 0.25) is 0 Å². The van der Waals surface area contributed by atoms with Crippen LogP contribution in [0.4, 0.5) is 10.1 Å². The van der Waals surface area contributed by atoms with Crippen LogP contribution in [0.1, 0.15) is 12.0 Å². The number of benzene rings is 1. The zero-order valence-corrected chi connectivity index (χ0v) is 8.40. The maximum atomic E-state index is 13.1. The second-order valence-electron chi connectivity index (χ2n) is 3.39. The van der Waals surface area contributed by atoms with Gasteiger partial charge in [0.15, 0.2) is 0 Å². The first-order chi connectivity index (χ1) is 7.22. The molecule has 1 amide bonds. The molecule has 1 saturated heterocycles. The van der Waals surface area contributed by atoms with Gasteiger partial charge < -0.3 is 4.90 Å². The van der Waals surface area contributed by atoms with Crippen molar-refractivity contribution in [2.75, 3.05) is 18.5 Å². The number of carbonyl (C=O) groups is 1. The van der Waals surface area contributed by atoms with Crippen LogP contribution in [0, 0.1) is 5.82 Å². The molecule has 0 aromatic heterocycles. The van der Waals surface area contributed by atoms with Crippen LogP contribution in [-0.2, 0) is 4.79 Å². The molecule has 1 aliphatic heterocycles. The Balaban J connectivity index is 2.42. The summed E-state index contributed by atoms with van der Waals surface area (Å²) in [5, 5.41) is 0. The molecular formula is C11H11FN2O. The molecule has 0 N–H and O–H groups in total. The van der Waals surface area contributed by atoms with E-state index < -0.39 is 0 Å². The maximum absolute atomic E-state index is 13.1. The smallest absolute Gasteiger partial charge is 0.228 e. The molecule has 0 spiro atoms. The summed E-state index contributed by atoms with van der Waals surface area (Å²) in [4.78, 5) is 16.7. The summed E-state index contributed by atoms with van der Waals surface area (Å²) < 4.78 is 13.1. The molecular weight excluding hydrogens is 195 g/mol. The van der Waals surface area contributed by atoms with E-state index in [0.29, 0.717) is 18.7 Å². The molecule has 1 fully saturated rings. The van der Waals surface area contributed by atoms with Crippen molar-refractivity contribution in [1.82, 2.24) is 0 Å². The number of β-lactam (4-membered cyclic amide) rings is 1. The quantitative estimate of drug-likeness (QED) is 0.534. The van der Waals surface area contributed by atoms with Gasteiger partial charge in [-0.2, -0.15) is 0 Å². The van der Waals surface area contributed by atoms with Crippen molar-refractivity contribution in [3.8, 4) is 0 Å². The van der Waals surface area contributed by atoms with E-state index in [1.54, 1.807) is 24.2 Å². The first-order valence-corrected chi connectivity index (χ1v) is 4.74. The number of hydrogen-bond donors (Lipinski definition) is 0. The van der Waals surface area contributed by atoms with Gasteiger partial charge in [-0.3, -0.25) is 9.79 Å². The van der Waals surface area contributed by atoms with Gasteiger partial charge in [0.1, 0.15) is 5.82 Å². The van der Waals surface area contributed by atoms with Gasteiger partial charge in [0, 0.05) is 31.8 Å². The third-order valence-electron chi connectivity index (χ3n) is 2.40. The highest BCUT2D eigenvalue weighted by Crippen LogP contribution is 2.25. The van der Waals surface area contributed by atoms with Crippen LogP contribution in [0.25, 0.3) is 0 Å². The Morgan fingerprint density at radius 1 is 1.53 bits per heavy atom. The fraction of sp³-hybridized carbons (Fsp3) is 0.273. The Kier molecular flexibility index (Phi) is 2.49. The molecule has 0 atom stereocenters. The summed E-state index contributed by atoms with van der Waals surface area (Å²) in [7, 11) is 1.64. The Bertz CT molecular complexity index is 429. The van der Waals surface area contributed by atoms with E-state index in [4.69, 9.17) is 0 Å². The highest BCUT2D eigenvalue weighted by atomic mass is 19.1. The summed E-state index contributed by atoms with van der Waals surface area (Å²) in [6.45, 7) is 0.660. The Labute approximate surface area is 87.2 Å². The highest BCUT2D eigenvalue weighted by Gasteiger charge is 2.26. The van der Waals surface area contributed by atoms with Gasteiger partial charge >= 0.3 is 0 Å². The van der Waals surface area contributed by atoms with Crippen LogP contribution in [-0.4, -0.2) is 25.7 Å². The van der Waals surface area contributed by atoms with Crippen LogP contribution in [0.3, 0.4) is 0 Å². The SMILES string of the molecule is CN=Cc1ccc(F)cc1N1CCC1=O. The van der Waals surface area contributed by atoms with E-state index in [1.807, 2.05) is 0 Å². The zero-order chi connectivity index (χ0) is 10.8. The Hall–Kier alpha value is -1.71. The molecule has 4 heteroatoms. The molecule has 0 bridgehead atoms. The average molecular weight is 206 g/mol. The van der Waals surface area contributed by atoms with Gasteiger partial charge in [-0.25, -0.2) is 4.39 Å². The lowest BCUT2D eigenvalue weighted by Crippen LogP contribution is -2.44. The minimum Gasteiger partial charge on any atom is -0.311 e. The van der Waals surface area contributed by atoms with E-state index in [1.165, 1.54) is 12.1 Å². The molecule has 1 heterocycles. The van der Waals surface area contributed by atoms with Gasteiger partial charge in [0.05, 0.1) is 5.69 Å². The summed E-state index contributed by atoms with van der Waals surface area (Å²) in [5.41, 5.74) is 1.38. The van der Waals surface area contributed by atoms with Gasteiger partial charge in [-0.1, -0.05) is 0 Å². The third kappa shape index (κ3) is 1.75. The number of anilines is 1. The number of aliphatic imine (C=N–C) groups is 1. The second kappa shape index (κ2) is 3.81. The first-order valence-electron chi connectivity index (χ1n) is 4.74. The predicted molar refractivity (Wildman–Crippen MR) is 56.9 cm³/mol. The van der Waals surface area contributed by atoms with Crippen molar-refractivity contribution in [2.24, 2.45) is 4.99 Å². The zero-order valence-electron chi connectivity index (χ0n) is 8.40. The Morgan fingerprint density at radius 3 is 2.87 bits per heavy atom. The summed E-state index contributed by atoms with van der Waals surface area (Å²) in [5.74, 6) is -0.302. The van der Waals surface area contributed by atoms with Crippen molar-refractivity contribution in [3.05, 3.63) is 29.6 Å². The normalized spacial score (nSPS) is 15.9. The molecule has 0 saturated carbocycles. The lowest BCUT2D eigenvalue weighted by Gasteiger charge is -2.31. The van der Waals surface area contributed by atoms with Gasteiger partial charge in [0.2, 0.25) is 5.91 Å². The molecule has 1 aromatic carbocycles. The average Bonchev–Trinajstić information content (AvgIpc) is 2.20.